The molecular formula is C10H9F3N2O. The summed E-state index contributed by atoms with van der Waals surface area (Å²) >= 11 is 0. The van der Waals surface area contributed by atoms with Crippen LogP contribution in [0.5, 0.6) is 0 Å². The topological polar surface area (TPSA) is 41.5 Å². The number of halogens is 3. The Morgan fingerprint density at radius 1 is 1.44 bits per heavy atom. The first kappa shape index (κ1) is 12.2. The van der Waals surface area contributed by atoms with E-state index in [1.807, 2.05) is 0 Å². The number of benzene rings is 1. The average Bonchev–Trinajstić information content (AvgIpc) is 2.16. The minimum atomic E-state index is -4.38. The number of nitrogens with one attached hydrogen (secondary N) is 1. The third kappa shape index (κ3) is 3.72. The van der Waals surface area contributed by atoms with E-state index >= 15 is 0 Å². The van der Waals surface area contributed by atoms with Crippen molar-refractivity contribution in [2.24, 2.45) is 5.10 Å². The number of amides is 1. The van der Waals surface area contributed by atoms with E-state index in [1.165, 1.54) is 19.1 Å². The minimum Gasteiger partial charge on any atom is -0.274 e. The third-order valence-corrected chi connectivity index (χ3v) is 1.65. The van der Waals surface area contributed by atoms with Crippen LogP contribution in [0.2, 0.25) is 0 Å². The second kappa shape index (κ2) is 4.78. The summed E-state index contributed by atoms with van der Waals surface area (Å²) in [5, 5.41) is 3.47. The fraction of sp³-hybridized carbons (Fsp3) is 0.200. The Kier molecular flexibility index (Phi) is 3.65. The van der Waals surface area contributed by atoms with E-state index in [-0.39, 0.29) is 11.5 Å². The average molecular weight is 230 g/mol. The molecular weight excluding hydrogens is 221 g/mol. The highest BCUT2D eigenvalue weighted by Gasteiger charge is 2.30. The number of hydrogen-bond acceptors (Lipinski definition) is 2. The Morgan fingerprint density at radius 3 is 2.69 bits per heavy atom. The highest BCUT2D eigenvalue weighted by molar-refractivity contribution is 5.81. The van der Waals surface area contributed by atoms with E-state index in [0.29, 0.717) is 0 Å². The molecule has 0 aromatic heterocycles. The molecule has 6 heteroatoms. The third-order valence-electron chi connectivity index (χ3n) is 1.65. The Labute approximate surface area is 90.0 Å². The van der Waals surface area contributed by atoms with E-state index in [4.69, 9.17) is 0 Å². The van der Waals surface area contributed by atoms with Gasteiger partial charge in [0.05, 0.1) is 11.8 Å². The van der Waals surface area contributed by atoms with Crippen LogP contribution in [0.3, 0.4) is 0 Å². The zero-order valence-electron chi connectivity index (χ0n) is 8.38. The van der Waals surface area contributed by atoms with Crippen LogP contribution >= 0.6 is 0 Å². The fourth-order valence-electron chi connectivity index (χ4n) is 0.993. The van der Waals surface area contributed by atoms with Crippen molar-refractivity contribution >= 4 is 12.1 Å². The van der Waals surface area contributed by atoms with Gasteiger partial charge in [-0.25, -0.2) is 5.43 Å². The van der Waals surface area contributed by atoms with Crippen LogP contribution < -0.4 is 5.43 Å². The molecule has 3 nitrogen and oxygen atoms in total. The van der Waals surface area contributed by atoms with Crippen molar-refractivity contribution in [1.29, 1.82) is 0 Å². The van der Waals surface area contributed by atoms with Gasteiger partial charge >= 0.3 is 6.18 Å². The van der Waals surface area contributed by atoms with Crippen molar-refractivity contribution in [2.75, 3.05) is 0 Å². The minimum absolute atomic E-state index is 0.267. The van der Waals surface area contributed by atoms with Gasteiger partial charge in [0, 0.05) is 6.92 Å². The van der Waals surface area contributed by atoms with Crippen molar-refractivity contribution in [3.63, 3.8) is 0 Å². The summed E-state index contributed by atoms with van der Waals surface area (Å²) in [4.78, 5) is 10.5. The molecule has 0 aliphatic heterocycles. The highest BCUT2D eigenvalue weighted by Crippen LogP contribution is 2.29. The first-order valence-corrected chi connectivity index (χ1v) is 4.36. The first-order valence-electron chi connectivity index (χ1n) is 4.36. The summed E-state index contributed by atoms with van der Waals surface area (Å²) in [5.74, 6) is -0.386. The van der Waals surface area contributed by atoms with Crippen LogP contribution in [0.4, 0.5) is 13.2 Å². The van der Waals surface area contributed by atoms with Crippen molar-refractivity contribution in [2.45, 2.75) is 13.1 Å². The van der Waals surface area contributed by atoms with E-state index in [0.717, 1.165) is 18.3 Å². The van der Waals surface area contributed by atoms with Crippen molar-refractivity contribution < 1.29 is 18.0 Å². The van der Waals surface area contributed by atoms with E-state index in [2.05, 4.69) is 10.5 Å². The molecule has 0 heterocycles. The molecule has 0 bridgehead atoms. The van der Waals surface area contributed by atoms with Crippen LogP contribution in [0, 0.1) is 0 Å². The Morgan fingerprint density at radius 2 is 2.12 bits per heavy atom. The van der Waals surface area contributed by atoms with Gasteiger partial charge in [-0.3, -0.25) is 4.79 Å². The predicted molar refractivity (Wildman–Crippen MR) is 52.9 cm³/mol. The van der Waals surface area contributed by atoms with Gasteiger partial charge in [-0.2, -0.15) is 18.3 Å². The summed E-state index contributed by atoms with van der Waals surface area (Å²) < 4.78 is 36.9. The molecule has 0 aliphatic rings. The Hall–Kier alpha value is -1.85. The zero-order valence-corrected chi connectivity index (χ0v) is 8.38. The number of alkyl halides is 3. The van der Waals surface area contributed by atoms with Gasteiger partial charge in [0.2, 0.25) is 5.91 Å². The summed E-state index contributed by atoms with van der Waals surface area (Å²) in [7, 11) is 0. The van der Waals surface area contributed by atoms with E-state index < -0.39 is 11.7 Å². The molecule has 0 saturated carbocycles. The maximum Gasteiger partial charge on any atom is 0.416 e. The van der Waals surface area contributed by atoms with Gasteiger partial charge in [0.15, 0.2) is 0 Å². The molecule has 1 aromatic rings. The molecule has 0 fully saturated rings. The number of carbonyl (C=O) groups is 1. The lowest BCUT2D eigenvalue weighted by Gasteiger charge is -2.06. The quantitative estimate of drug-likeness (QED) is 0.614. The molecule has 0 saturated heterocycles. The molecule has 0 radical (unpaired) electrons. The predicted octanol–water partition coefficient (Wildman–Crippen LogP) is 2.18. The maximum atomic E-state index is 12.3. The first-order chi connectivity index (χ1) is 7.39. The molecule has 0 atom stereocenters. The van der Waals surface area contributed by atoms with Crippen molar-refractivity contribution in [3.05, 3.63) is 35.4 Å². The van der Waals surface area contributed by atoms with Gasteiger partial charge in [-0.1, -0.05) is 12.1 Å². The van der Waals surface area contributed by atoms with Crippen molar-refractivity contribution in [1.82, 2.24) is 5.43 Å². The van der Waals surface area contributed by atoms with Gasteiger partial charge in [-0.05, 0) is 17.7 Å². The summed E-state index contributed by atoms with van der Waals surface area (Å²) in [6.07, 6.45) is -3.23. The molecule has 1 N–H and O–H groups in total. The van der Waals surface area contributed by atoms with Crippen molar-refractivity contribution in [3.8, 4) is 0 Å². The summed E-state index contributed by atoms with van der Waals surface area (Å²) in [5.41, 5.74) is 1.62. The lowest BCUT2D eigenvalue weighted by Crippen LogP contribution is -2.12. The maximum absolute atomic E-state index is 12.3. The normalized spacial score (nSPS) is 11.8. The summed E-state index contributed by atoms with van der Waals surface area (Å²) in [6.45, 7) is 1.25. The molecule has 1 rings (SSSR count). The standard InChI is InChI=1S/C10H9F3N2O/c1-7(16)15-14-6-8-3-2-4-9(5-8)10(11,12)13/h2-6H,1H3,(H,15,16)/b14-6+. The highest BCUT2D eigenvalue weighted by atomic mass is 19.4. The van der Waals surface area contributed by atoms with Gasteiger partial charge in [-0.15, -0.1) is 0 Å². The van der Waals surface area contributed by atoms with Crippen LogP contribution in [-0.2, 0) is 11.0 Å². The van der Waals surface area contributed by atoms with Crippen LogP contribution in [0.1, 0.15) is 18.1 Å². The number of rotatable bonds is 2. The monoisotopic (exact) mass is 230 g/mol. The second-order valence-electron chi connectivity index (χ2n) is 3.05. The fourth-order valence-corrected chi connectivity index (χ4v) is 0.993. The Bertz CT molecular complexity index is 413. The SMILES string of the molecule is CC(=O)N/N=C/c1cccc(C(F)(F)F)c1. The lowest BCUT2D eigenvalue weighted by atomic mass is 10.1. The largest absolute Gasteiger partial charge is 0.416 e. The Balaban J connectivity index is 2.83. The summed E-state index contributed by atoms with van der Waals surface area (Å²) in [6, 6.07) is 4.65. The molecule has 1 aromatic carbocycles. The molecule has 16 heavy (non-hydrogen) atoms. The van der Waals surface area contributed by atoms with Gasteiger partial charge < -0.3 is 0 Å². The number of carbonyl (C=O) groups excluding carboxylic acids is 1. The van der Waals surface area contributed by atoms with Crippen LogP contribution in [-0.4, -0.2) is 12.1 Å². The van der Waals surface area contributed by atoms with Gasteiger partial charge in [0.25, 0.3) is 0 Å². The molecule has 86 valence electrons. The molecule has 0 unspecified atom stereocenters. The number of hydrogen-bond donors (Lipinski definition) is 1. The van der Waals surface area contributed by atoms with E-state index in [9.17, 15) is 18.0 Å². The number of hydrazone groups is 1. The van der Waals surface area contributed by atoms with E-state index in [1.54, 1.807) is 0 Å². The zero-order chi connectivity index (χ0) is 12.2. The van der Waals surface area contributed by atoms with Crippen LogP contribution in [0.15, 0.2) is 29.4 Å². The molecule has 0 spiro atoms. The smallest absolute Gasteiger partial charge is 0.274 e. The number of nitrogens with zero attached hydrogens (tertiary/aromatic N) is 1. The van der Waals surface area contributed by atoms with Gasteiger partial charge in [0.1, 0.15) is 0 Å². The van der Waals surface area contributed by atoms with Crippen LogP contribution in [0.25, 0.3) is 0 Å². The molecule has 0 aliphatic carbocycles. The second-order valence-corrected chi connectivity index (χ2v) is 3.05. The lowest BCUT2D eigenvalue weighted by molar-refractivity contribution is -0.137. The molecule has 1 amide bonds.